The van der Waals surface area contributed by atoms with Gasteiger partial charge in [0.05, 0.1) is 18.1 Å². The van der Waals surface area contributed by atoms with E-state index in [1.165, 1.54) is 0 Å². The van der Waals surface area contributed by atoms with Crippen molar-refractivity contribution in [1.82, 2.24) is 9.47 Å². The Kier molecular flexibility index (Phi) is 5.63. The van der Waals surface area contributed by atoms with Gasteiger partial charge < -0.3 is 14.6 Å². The van der Waals surface area contributed by atoms with Crippen LogP contribution >= 0.6 is 0 Å². The quantitative estimate of drug-likeness (QED) is 0.731. The Hall–Kier alpha value is -2.32. The molecule has 0 spiro atoms. The standard InChI is InChI=1S/C22H29N3O4S/c1-16-13-21(17(2)25(16)19-7-12-30(28,29)15-19)22(27)14-23-8-10-24(11-9-23)18-3-5-20(26)6-4-18/h3-6,13,19,26H,7-12,14-15H2,1-2H3/t19-/m0/s1. The Balaban J connectivity index is 1.39. The summed E-state index contributed by atoms with van der Waals surface area (Å²) in [5.41, 5.74) is 3.61. The molecule has 4 rings (SSSR count). The molecular formula is C22H29N3O4S. The minimum atomic E-state index is -2.97. The van der Waals surface area contributed by atoms with Gasteiger partial charge in [0.1, 0.15) is 5.75 Å². The number of aromatic hydroxyl groups is 1. The van der Waals surface area contributed by atoms with Crippen LogP contribution < -0.4 is 4.90 Å². The first-order valence-electron chi connectivity index (χ1n) is 10.4. The van der Waals surface area contributed by atoms with Crippen LogP contribution in [0.15, 0.2) is 30.3 Å². The molecule has 3 heterocycles. The van der Waals surface area contributed by atoms with Gasteiger partial charge >= 0.3 is 0 Å². The summed E-state index contributed by atoms with van der Waals surface area (Å²) >= 11 is 0. The van der Waals surface area contributed by atoms with E-state index in [9.17, 15) is 18.3 Å². The van der Waals surface area contributed by atoms with Crippen molar-refractivity contribution in [2.24, 2.45) is 0 Å². The van der Waals surface area contributed by atoms with Crippen molar-refractivity contribution in [2.45, 2.75) is 26.3 Å². The summed E-state index contributed by atoms with van der Waals surface area (Å²) < 4.78 is 25.8. The van der Waals surface area contributed by atoms with Gasteiger partial charge in [-0.25, -0.2) is 8.42 Å². The average molecular weight is 432 g/mol. The Labute approximate surface area is 177 Å². The molecule has 0 bridgehead atoms. The fraction of sp³-hybridized carbons (Fsp3) is 0.500. The molecule has 8 heteroatoms. The molecule has 1 N–H and O–H groups in total. The molecule has 0 saturated carbocycles. The van der Waals surface area contributed by atoms with E-state index in [2.05, 4.69) is 9.80 Å². The number of ketones is 1. The van der Waals surface area contributed by atoms with E-state index < -0.39 is 9.84 Å². The van der Waals surface area contributed by atoms with Crippen molar-refractivity contribution in [3.63, 3.8) is 0 Å². The number of anilines is 1. The summed E-state index contributed by atoms with van der Waals surface area (Å²) in [5, 5.41) is 9.45. The predicted octanol–water partition coefficient (Wildman–Crippen LogP) is 2.18. The summed E-state index contributed by atoms with van der Waals surface area (Å²) in [4.78, 5) is 17.4. The molecule has 2 aromatic rings. The van der Waals surface area contributed by atoms with Crippen LogP contribution in [0, 0.1) is 13.8 Å². The van der Waals surface area contributed by atoms with Gasteiger partial charge in [0, 0.05) is 54.9 Å². The molecule has 0 radical (unpaired) electrons. The second kappa shape index (κ2) is 8.07. The first-order chi connectivity index (χ1) is 14.2. The van der Waals surface area contributed by atoms with Crippen molar-refractivity contribution >= 4 is 21.3 Å². The maximum atomic E-state index is 13.0. The molecule has 162 valence electrons. The van der Waals surface area contributed by atoms with E-state index >= 15 is 0 Å². The Morgan fingerprint density at radius 2 is 1.77 bits per heavy atom. The molecule has 2 aliphatic rings. The third kappa shape index (κ3) is 4.25. The second-order valence-electron chi connectivity index (χ2n) is 8.41. The SMILES string of the molecule is Cc1cc(C(=O)CN2CCN(c3ccc(O)cc3)CC2)c(C)n1[C@H]1CCS(=O)(=O)C1. The zero-order valence-corrected chi connectivity index (χ0v) is 18.4. The number of rotatable bonds is 5. The maximum Gasteiger partial charge on any atom is 0.178 e. The third-order valence-electron chi connectivity index (χ3n) is 6.31. The number of hydrogen-bond acceptors (Lipinski definition) is 6. The number of Topliss-reactive ketones (excluding diaryl/α,β-unsaturated/α-hetero) is 1. The van der Waals surface area contributed by atoms with E-state index in [1.807, 2.05) is 36.6 Å². The van der Waals surface area contributed by atoms with Crippen LogP contribution in [0.1, 0.15) is 34.2 Å². The number of sulfone groups is 1. The molecule has 30 heavy (non-hydrogen) atoms. The van der Waals surface area contributed by atoms with Crippen LogP contribution in [-0.4, -0.2) is 73.0 Å². The van der Waals surface area contributed by atoms with E-state index in [1.54, 1.807) is 12.1 Å². The highest BCUT2D eigenvalue weighted by Gasteiger charge is 2.32. The van der Waals surface area contributed by atoms with Gasteiger partial charge in [-0.2, -0.15) is 0 Å². The summed E-state index contributed by atoms with van der Waals surface area (Å²) in [5.74, 6) is 0.739. The zero-order valence-electron chi connectivity index (χ0n) is 17.5. The minimum Gasteiger partial charge on any atom is -0.508 e. The number of carbonyl (C=O) groups is 1. The number of aryl methyl sites for hydroxylation is 1. The smallest absolute Gasteiger partial charge is 0.178 e. The lowest BCUT2D eigenvalue weighted by atomic mass is 10.1. The average Bonchev–Trinajstić information content (AvgIpc) is 3.21. The number of benzene rings is 1. The lowest BCUT2D eigenvalue weighted by Crippen LogP contribution is -2.48. The normalized spacial score (nSPS) is 21.8. The molecule has 2 saturated heterocycles. The fourth-order valence-electron chi connectivity index (χ4n) is 4.72. The van der Waals surface area contributed by atoms with Crippen LogP contribution in [0.25, 0.3) is 0 Å². The number of phenolic OH excluding ortho intramolecular Hbond substituents is 1. The summed E-state index contributed by atoms with van der Waals surface area (Å²) in [6.45, 7) is 7.50. The number of carbonyl (C=O) groups excluding carboxylic acids is 1. The molecule has 2 aliphatic heterocycles. The first-order valence-corrected chi connectivity index (χ1v) is 12.2. The zero-order chi connectivity index (χ0) is 21.5. The monoisotopic (exact) mass is 431 g/mol. The van der Waals surface area contributed by atoms with Gasteiger partial charge in [-0.15, -0.1) is 0 Å². The summed E-state index contributed by atoms with van der Waals surface area (Å²) in [7, 11) is -2.97. The number of nitrogens with zero attached hydrogens (tertiary/aromatic N) is 3. The van der Waals surface area contributed by atoms with Crippen LogP contribution in [0.2, 0.25) is 0 Å². The lowest BCUT2D eigenvalue weighted by Gasteiger charge is -2.35. The Morgan fingerprint density at radius 1 is 1.10 bits per heavy atom. The third-order valence-corrected chi connectivity index (χ3v) is 8.06. The molecule has 7 nitrogen and oxygen atoms in total. The van der Waals surface area contributed by atoms with Crippen LogP contribution in [0.3, 0.4) is 0 Å². The number of hydrogen-bond donors (Lipinski definition) is 1. The number of phenols is 1. The van der Waals surface area contributed by atoms with E-state index in [-0.39, 0.29) is 29.1 Å². The largest absolute Gasteiger partial charge is 0.508 e. The highest BCUT2D eigenvalue weighted by atomic mass is 32.2. The first kappa shape index (κ1) is 20.9. The predicted molar refractivity (Wildman–Crippen MR) is 117 cm³/mol. The highest BCUT2D eigenvalue weighted by Crippen LogP contribution is 2.29. The maximum absolute atomic E-state index is 13.0. The molecule has 2 fully saturated rings. The molecule has 1 atom stereocenters. The van der Waals surface area contributed by atoms with Crippen molar-refractivity contribution in [3.05, 3.63) is 47.3 Å². The highest BCUT2D eigenvalue weighted by molar-refractivity contribution is 7.91. The second-order valence-corrected chi connectivity index (χ2v) is 10.6. The molecular weight excluding hydrogens is 402 g/mol. The van der Waals surface area contributed by atoms with Gasteiger partial charge in [-0.05, 0) is 50.6 Å². The van der Waals surface area contributed by atoms with Crippen LogP contribution in [-0.2, 0) is 9.84 Å². The van der Waals surface area contributed by atoms with Crippen molar-refractivity contribution in [2.75, 3.05) is 49.1 Å². The van der Waals surface area contributed by atoms with Crippen LogP contribution in [0.4, 0.5) is 5.69 Å². The molecule has 1 aromatic heterocycles. The van der Waals surface area contributed by atoms with Gasteiger partial charge in [-0.3, -0.25) is 9.69 Å². The molecule has 0 aliphatic carbocycles. The topological polar surface area (TPSA) is 82.8 Å². The lowest BCUT2D eigenvalue weighted by molar-refractivity contribution is 0.0925. The van der Waals surface area contributed by atoms with Gasteiger partial charge in [0.25, 0.3) is 0 Å². The molecule has 1 aromatic carbocycles. The Morgan fingerprint density at radius 3 is 2.37 bits per heavy atom. The van der Waals surface area contributed by atoms with Crippen molar-refractivity contribution in [3.8, 4) is 5.75 Å². The van der Waals surface area contributed by atoms with E-state index in [0.29, 0.717) is 18.5 Å². The van der Waals surface area contributed by atoms with Gasteiger partial charge in [0.2, 0.25) is 0 Å². The number of aromatic nitrogens is 1. The summed E-state index contributed by atoms with van der Waals surface area (Å²) in [6, 6.07) is 9.05. The Bertz CT molecular complexity index is 1040. The fourth-order valence-corrected chi connectivity index (χ4v) is 6.42. The molecule has 0 amide bonds. The van der Waals surface area contributed by atoms with Crippen LogP contribution in [0.5, 0.6) is 5.75 Å². The molecule has 0 unspecified atom stereocenters. The minimum absolute atomic E-state index is 0.0644. The van der Waals surface area contributed by atoms with Gasteiger partial charge in [0.15, 0.2) is 15.6 Å². The van der Waals surface area contributed by atoms with Gasteiger partial charge in [-0.1, -0.05) is 0 Å². The number of piperazine rings is 1. The van der Waals surface area contributed by atoms with Crippen molar-refractivity contribution < 1.29 is 18.3 Å². The van der Waals surface area contributed by atoms with Crippen molar-refractivity contribution in [1.29, 1.82) is 0 Å². The summed E-state index contributed by atoms with van der Waals surface area (Å²) in [6.07, 6.45) is 0.617. The van der Waals surface area contributed by atoms with E-state index in [0.717, 1.165) is 43.3 Å². The van der Waals surface area contributed by atoms with E-state index in [4.69, 9.17) is 0 Å².